The lowest BCUT2D eigenvalue weighted by Crippen LogP contribution is -2.49. The van der Waals surface area contributed by atoms with Gasteiger partial charge in [0.15, 0.2) is 0 Å². The zero-order valence-electron chi connectivity index (χ0n) is 58.2. The summed E-state index contributed by atoms with van der Waals surface area (Å²) in [5, 5.41) is 17.4. The molecule has 0 amide bonds. The van der Waals surface area contributed by atoms with E-state index in [9.17, 15) is 0 Å². The van der Waals surface area contributed by atoms with Crippen molar-refractivity contribution >= 4 is 0 Å². The first-order valence-electron chi connectivity index (χ1n) is 35.0. The normalized spacial score (nSPS) is 14.4. The van der Waals surface area contributed by atoms with E-state index < -0.39 is 10.8 Å². The summed E-state index contributed by atoms with van der Waals surface area (Å²) < 4.78 is 88.5. The van der Waals surface area contributed by atoms with Crippen molar-refractivity contribution in [2.24, 2.45) is 0 Å². The molecule has 102 heavy (non-hydrogen) atoms. The average molecular weight is 1390 g/mol. The van der Waals surface area contributed by atoms with Crippen LogP contribution in [0.5, 0.6) is 11.5 Å². The first kappa shape index (κ1) is 77.9. The fourth-order valence-electron chi connectivity index (χ4n) is 11.3. The Labute approximate surface area is 600 Å². The van der Waals surface area contributed by atoms with Crippen LogP contribution in [0.15, 0.2) is 170 Å². The molecule has 0 saturated heterocycles. The van der Waals surface area contributed by atoms with Crippen LogP contribution in [0.1, 0.15) is 66.8 Å². The second-order valence-electron chi connectivity index (χ2n) is 23.1. The van der Waals surface area contributed by atoms with E-state index in [0.717, 1.165) is 78.3 Å². The summed E-state index contributed by atoms with van der Waals surface area (Å²) in [6.45, 7) is 13.8. The van der Waals surface area contributed by atoms with Gasteiger partial charge in [0.2, 0.25) is 0 Å². The highest BCUT2D eigenvalue weighted by Crippen LogP contribution is 2.61. The van der Waals surface area contributed by atoms with Crippen molar-refractivity contribution in [1.29, 1.82) is 0 Å². The van der Waals surface area contributed by atoms with Gasteiger partial charge in [0.1, 0.15) is 35.5 Å². The Bertz CT molecular complexity index is 3410. The van der Waals surface area contributed by atoms with E-state index in [2.05, 4.69) is 120 Å². The largest absolute Gasteiger partial charge is 0.491 e. The molecule has 0 aliphatic heterocycles. The first-order chi connectivity index (χ1) is 50.6. The minimum Gasteiger partial charge on any atom is -0.491 e. The monoisotopic (exact) mass is 1390 g/mol. The van der Waals surface area contributed by atoms with Crippen LogP contribution in [0, 0.1) is 47.4 Å². The van der Waals surface area contributed by atoms with Gasteiger partial charge in [-0.2, -0.15) is 0 Å². The van der Waals surface area contributed by atoms with Crippen LogP contribution in [-0.2, 0) is 77.1 Å². The molecule has 538 valence electrons. The van der Waals surface area contributed by atoms with Gasteiger partial charge in [-0.1, -0.05) is 120 Å². The van der Waals surface area contributed by atoms with Crippen LogP contribution in [0.4, 0.5) is 0 Å². The topological polar surface area (TPSA) is 188 Å². The molecular weight excluding hydrogens is 1300 g/mol. The maximum Gasteiger partial charge on any atom is 0.119 e. The standard InChI is InChI=1S/C84H94O18/c85-37-39-87-41-43-89-45-47-91-49-51-93-53-55-95-57-59-97-61-63-99-65-67-101-75-29-25-71(26-30-75)15-13-69-17-21-73(22-18-69)33-35-83-77-7-1-2-8-78(77)84(81-11-5-3-9-79(81)83,82-12-6-4-10-80(82)83)36-34-74-23-19-70(20-24-74)14-16-72-27-31-76(32-28-72)102-68-66-100-64-62-98-60-58-96-56-54-94-52-50-92-48-46-90-44-42-88-40-38-86/h1-12,17-32,85-86H,37-68H2. The Morgan fingerprint density at radius 3 is 0.559 bits per heavy atom. The number of ether oxygens (including phenoxy) is 16. The van der Waals surface area contributed by atoms with Crippen LogP contribution in [0.25, 0.3) is 0 Å². The smallest absolute Gasteiger partial charge is 0.119 e. The molecule has 18 nitrogen and oxygen atoms in total. The van der Waals surface area contributed by atoms with Gasteiger partial charge in [-0.3, -0.25) is 0 Å². The average Bonchev–Trinajstić information content (AvgIpc) is 0.662. The summed E-state index contributed by atoms with van der Waals surface area (Å²) in [7, 11) is 0. The number of benzene rings is 7. The summed E-state index contributed by atoms with van der Waals surface area (Å²) in [6.07, 6.45) is 0. The van der Waals surface area contributed by atoms with Gasteiger partial charge in [-0.15, -0.1) is 0 Å². The highest BCUT2D eigenvalue weighted by Gasteiger charge is 2.58. The highest BCUT2D eigenvalue weighted by molar-refractivity contribution is 5.82. The minimum atomic E-state index is -0.739. The quantitative estimate of drug-likeness (QED) is 0.0272. The lowest BCUT2D eigenvalue weighted by atomic mass is 9.47. The van der Waals surface area contributed by atoms with Crippen LogP contribution in [0.2, 0.25) is 0 Å². The van der Waals surface area contributed by atoms with Crippen molar-refractivity contribution in [3.05, 3.63) is 237 Å². The summed E-state index contributed by atoms with van der Waals surface area (Å²) in [5.41, 5.74) is 10.7. The zero-order valence-corrected chi connectivity index (χ0v) is 58.2. The van der Waals surface area contributed by atoms with Crippen molar-refractivity contribution in [1.82, 2.24) is 0 Å². The van der Waals surface area contributed by atoms with Crippen molar-refractivity contribution in [3.8, 4) is 58.9 Å². The van der Waals surface area contributed by atoms with E-state index >= 15 is 0 Å². The first-order valence-corrected chi connectivity index (χ1v) is 35.0. The van der Waals surface area contributed by atoms with E-state index in [1.54, 1.807) is 0 Å². The number of aliphatic hydroxyl groups excluding tert-OH is 2. The van der Waals surface area contributed by atoms with Gasteiger partial charge in [-0.25, -0.2) is 0 Å². The van der Waals surface area contributed by atoms with Gasteiger partial charge in [0.05, 0.1) is 198 Å². The van der Waals surface area contributed by atoms with Gasteiger partial charge in [0.25, 0.3) is 0 Å². The molecule has 10 rings (SSSR count). The molecule has 3 aliphatic rings. The summed E-state index contributed by atoms with van der Waals surface area (Å²) in [4.78, 5) is 0. The Morgan fingerprint density at radius 2 is 0.363 bits per heavy atom. The molecule has 2 bridgehead atoms. The van der Waals surface area contributed by atoms with E-state index in [0.29, 0.717) is 198 Å². The molecule has 0 aromatic heterocycles. The molecule has 7 aromatic carbocycles. The maximum atomic E-state index is 8.68. The molecule has 0 fully saturated rings. The minimum absolute atomic E-state index is 0.0130. The van der Waals surface area contributed by atoms with Crippen LogP contribution < -0.4 is 9.47 Å². The van der Waals surface area contributed by atoms with Gasteiger partial charge in [0, 0.05) is 33.4 Å². The molecule has 18 heteroatoms. The molecule has 3 aliphatic carbocycles. The molecule has 0 spiro atoms. The van der Waals surface area contributed by atoms with E-state index in [1.165, 1.54) is 0 Å². The summed E-state index contributed by atoms with van der Waals surface area (Å²) in [5.74, 6) is 29.7. The van der Waals surface area contributed by atoms with Crippen molar-refractivity contribution in [2.45, 2.75) is 10.8 Å². The number of rotatable bonds is 48. The van der Waals surface area contributed by atoms with Gasteiger partial charge in [-0.05, 0) is 130 Å². The SMILES string of the molecule is OCCOCCOCCOCCOCCOCCOCCOCCOc1ccc(C#Cc2ccc(C#CC34c5ccccc5C(C#Cc5ccc(C#Cc6ccc(OCCOCCOCCOCCOCCOCCOCCOCCO)cc6)cc5)(c5ccccc53)c3ccccc34)cc2)cc1. The Kier molecular flexibility index (Phi) is 35.4. The predicted molar refractivity (Wildman–Crippen MR) is 387 cm³/mol. The number of hydrogen-bond acceptors (Lipinski definition) is 18. The molecule has 0 radical (unpaired) electrons. The van der Waals surface area contributed by atoms with Gasteiger partial charge >= 0.3 is 0 Å². The van der Waals surface area contributed by atoms with Crippen LogP contribution >= 0.6 is 0 Å². The number of aliphatic hydroxyl groups is 2. The van der Waals surface area contributed by atoms with Crippen molar-refractivity contribution < 1.29 is 86.0 Å². The van der Waals surface area contributed by atoms with Gasteiger partial charge < -0.3 is 86.0 Å². The summed E-state index contributed by atoms with van der Waals surface area (Å²) in [6, 6.07) is 57.8. The third-order valence-electron chi connectivity index (χ3n) is 16.1. The molecule has 2 N–H and O–H groups in total. The molecule has 0 atom stereocenters. The van der Waals surface area contributed by atoms with E-state index in [1.807, 2.05) is 97.1 Å². The molecule has 0 saturated carbocycles. The summed E-state index contributed by atoms with van der Waals surface area (Å²) >= 11 is 0. The Morgan fingerprint density at radius 1 is 0.196 bits per heavy atom. The van der Waals surface area contributed by atoms with E-state index in [-0.39, 0.29) is 13.2 Å². The predicted octanol–water partition coefficient (Wildman–Crippen LogP) is 8.86. The molecular formula is C84H94O18. The second-order valence-corrected chi connectivity index (χ2v) is 23.1. The molecule has 7 aromatic rings. The van der Waals surface area contributed by atoms with Crippen molar-refractivity contribution in [2.75, 3.05) is 211 Å². The molecule has 0 heterocycles. The third kappa shape index (κ3) is 25.3. The fraction of sp³-hybridized carbons (Fsp3) is 0.405. The highest BCUT2D eigenvalue weighted by atomic mass is 16.6. The van der Waals surface area contributed by atoms with Crippen LogP contribution in [-0.4, -0.2) is 222 Å². The number of hydrogen-bond donors (Lipinski definition) is 2. The fourth-order valence-corrected chi connectivity index (χ4v) is 11.3. The second kappa shape index (κ2) is 46.4. The van der Waals surface area contributed by atoms with Crippen molar-refractivity contribution in [3.63, 3.8) is 0 Å². The lowest BCUT2D eigenvalue weighted by Gasteiger charge is -2.52. The maximum absolute atomic E-state index is 8.68. The third-order valence-corrected chi connectivity index (χ3v) is 16.1. The molecule has 0 unspecified atom stereocenters. The zero-order chi connectivity index (χ0) is 70.5. The van der Waals surface area contributed by atoms with Crippen LogP contribution in [0.3, 0.4) is 0 Å². The Balaban J connectivity index is 0.671. The van der Waals surface area contributed by atoms with E-state index in [4.69, 9.17) is 86.0 Å². The Hall–Kier alpha value is -8.26. The lowest BCUT2D eigenvalue weighted by molar-refractivity contribution is -0.0221.